The third-order valence-electron chi connectivity index (χ3n) is 1.29. The average Bonchev–Trinajstić information content (AvgIpc) is 1.94. The van der Waals surface area contributed by atoms with E-state index in [9.17, 15) is 9.18 Å². The summed E-state index contributed by atoms with van der Waals surface area (Å²) in [5.74, 6) is -1.37. The highest BCUT2D eigenvalue weighted by molar-refractivity contribution is 5.90. The third-order valence-corrected chi connectivity index (χ3v) is 1.29. The molecule has 0 atom stereocenters. The lowest BCUT2D eigenvalue weighted by atomic mass is 10.2. The Morgan fingerprint density at radius 1 is 1.64 bits per heavy atom. The third kappa shape index (κ3) is 1.52. The highest BCUT2D eigenvalue weighted by Crippen LogP contribution is 2.03. The van der Waals surface area contributed by atoms with Crippen LogP contribution in [0.25, 0.3) is 0 Å². The Kier molecular flexibility index (Phi) is 1.85. The van der Waals surface area contributed by atoms with E-state index >= 15 is 0 Å². The van der Waals surface area contributed by atoms with Gasteiger partial charge in [-0.15, -0.1) is 0 Å². The van der Waals surface area contributed by atoms with E-state index in [1.165, 1.54) is 12.1 Å². The number of primary amides is 1. The zero-order valence-electron chi connectivity index (χ0n) is 5.97. The van der Waals surface area contributed by atoms with Gasteiger partial charge in [-0.3, -0.25) is 4.79 Å². The monoisotopic (exact) mass is 154 g/mol. The molecule has 1 aromatic heterocycles. The first kappa shape index (κ1) is 7.65. The fraction of sp³-hybridized carbons (Fsp3) is 0.143. The Bertz CT molecular complexity index is 298. The van der Waals surface area contributed by atoms with Crippen LogP contribution >= 0.6 is 0 Å². The highest BCUT2D eigenvalue weighted by Gasteiger charge is 2.04. The Balaban J connectivity index is 3.15. The van der Waals surface area contributed by atoms with Crippen molar-refractivity contribution in [3.63, 3.8) is 0 Å². The van der Waals surface area contributed by atoms with E-state index in [1.54, 1.807) is 6.92 Å². The van der Waals surface area contributed by atoms with Crippen LogP contribution in [0.2, 0.25) is 0 Å². The van der Waals surface area contributed by atoms with Crippen molar-refractivity contribution in [3.05, 3.63) is 29.3 Å². The van der Waals surface area contributed by atoms with Gasteiger partial charge in [0.15, 0.2) is 0 Å². The molecule has 0 saturated heterocycles. The minimum absolute atomic E-state index is 0.0481. The van der Waals surface area contributed by atoms with Crippen molar-refractivity contribution in [3.8, 4) is 0 Å². The second kappa shape index (κ2) is 2.65. The van der Waals surface area contributed by atoms with E-state index in [-0.39, 0.29) is 5.69 Å². The molecule has 1 aromatic rings. The van der Waals surface area contributed by atoms with Gasteiger partial charge in [0, 0.05) is 5.56 Å². The summed E-state index contributed by atoms with van der Waals surface area (Å²) in [5, 5.41) is 0. The van der Waals surface area contributed by atoms with Gasteiger partial charge in [0.25, 0.3) is 5.91 Å². The molecule has 2 N–H and O–H groups in total. The number of nitrogens with two attached hydrogens (primary N) is 1. The first-order valence-electron chi connectivity index (χ1n) is 3.04. The lowest BCUT2D eigenvalue weighted by molar-refractivity contribution is 0.0994. The van der Waals surface area contributed by atoms with Gasteiger partial charge in [-0.2, -0.15) is 4.39 Å². The van der Waals surface area contributed by atoms with Crippen LogP contribution in [0.3, 0.4) is 0 Å². The summed E-state index contributed by atoms with van der Waals surface area (Å²) in [5.41, 5.74) is 5.21. The molecule has 11 heavy (non-hydrogen) atoms. The molecule has 0 aliphatic carbocycles. The molecule has 0 unspecified atom stereocenters. The van der Waals surface area contributed by atoms with Crippen LogP contribution in [0.4, 0.5) is 4.39 Å². The molecule has 0 aliphatic heterocycles. The van der Waals surface area contributed by atoms with Gasteiger partial charge in [0.1, 0.15) is 5.69 Å². The molecule has 0 radical (unpaired) electrons. The largest absolute Gasteiger partial charge is 0.364 e. The number of aryl methyl sites for hydroxylation is 1. The number of halogens is 1. The highest BCUT2D eigenvalue weighted by atomic mass is 19.1. The molecule has 0 fully saturated rings. The number of nitrogens with zero attached hydrogens (tertiary/aromatic N) is 1. The molecule has 58 valence electrons. The average molecular weight is 154 g/mol. The fourth-order valence-electron chi connectivity index (χ4n) is 0.641. The molecule has 0 aromatic carbocycles. The molecular formula is C7H7FN2O. The fourth-order valence-corrected chi connectivity index (χ4v) is 0.641. The van der Waals surface area contributed by atoms with Crippen LogP contribution in [-0.2, 0) is 0 Å². The molecule has 0 saturated carbocycles. The molecule has 1 heterocycles. The Morgan fingerprint density at radius 3 is 2.73 bits per heavy atom. The molecule has 0 aliphatic rings. The number of hydrogen-bond acceptors (Lipinski definition) is 2. The van der Waals surface area contributed by atoms with Crippen molar-refractivity contribution in [1.82, 2.24) is 4.98 Å². The zero-order chi connectivity index (χ0) is 8.43. The van der Waals surface area contributed by atoms with Crippen molar-refractivity contribution in [2.75, 3.05) is 0 Å². The Morgan fingerprint density at radius 2 is 2.27 bits per heavy atom. The molecule has 0 bridgehead atoms. The van der Waals surface area contributed by atoms with Gasteiger partial charge in [-0.1, -0.05) is 6.07 Å². The Labute approximate surface area is 63.0 Å². The summed E-state index contributed by atoms with van der Waals surface area (Å²) in [4.78, 5) is 13.8. The van der Waals surface area contributed by atoms with Gasteiger partial charge in [-0.25, -0.2) is 4.98 Å². The minimum atomic E-state index is -0.719. The summed E-state index contributed by atoms with van der Waals surface area (Å²) in [6.07, 6.45) is 0. The van der Waals surface area contributed by atoms with Gasteiger partial charge < -0.3 is 5.73 Å². The number of aromatic nitrogens is 1. The van der Waals surface area contributed by atoms with Crippen molar-refractivity contribution in [2.45, 2.75) is 6.92 Å². The van der Waals surface area contributed by atoms with E-state index < -0.39 is 11.9 Å². The smallest absolute Gasteiger partial charge is 0.267 e. The normalized spacial score (nSPS) is 9.64. The number of carbonyl (C=O) groups is 1. The van der Waals surface area contributed by atoms with Crippen molar-refractivity contribution in [1.29, 1.82) is 0 Å². The topological polar surface area (TPSA) is 56.0 Å². The minimum Gasteiger partial charge on any atom is -0.364 e. The zero-order valence-corrected chi connectivity index (χ0v) is 5.97. The molecule has 1 amide bonds. The van der Waals surface area contributed by atoms with Gasteiger partial charge in [-0.05, 0) is 13.0 Å². The van der Waals surface area contributed by atoms with Crippen LogP contribution in [0, 0.1) is 12.9 Å². The first-order valence-corrected chi connectivity index (χ1v) is 3.04. The van der Waals surface area contributed by atoms with Crippen molar-refractivity contribution in [2.24, 2.45) is 5.73 Å². The SMILES string of the molecule is Cc1ccc(C(N)=O)nc1F. The number of rotatable bonds is 1. The number of amides is 1. The quantitative estimate of drug-likeness (QED) is 0.603. The molecule has 3 nitrogen and oxygen atoms in total. The molecule has 0 spiro atoms. The summed E-state index contributed by atoms with van der Waals surface area (Å²) in [6, 6.07) is 2.85. The summed E-state index contributed by atoms with van der Waals surface area (Å²) in [6.45, 7) is 1.56. The van der Waals surface area contributed by atoms with E-state index in [0.717, 1.165) is 0 Å². The summed E-state index contributed by atoms with van der Waals surface area (Å²) < 4.78 is 12.6. The van der Waals surface area contributed by atoms with E-state index in [4.69, 9.17) is 5.73 Å². The maximum Gasteiger partial charge on any atom is 0.267 e. The second-order valence-electron chi connectivity index (χ2n) is 2.17. The maximum absolute atomic E-state index is 12.6. The van der Waals surface area contributed by atoms with Gasteiger partial charge >= 0.3 is 0 Å². The van der Waals surface area contributed by atoms with Crippen molar-refractivity contribution >= 4 is 5.91 Å². The Hall–Kier alpha value is -1.45. The van der Waals surface area contributed by atoms with Crippen LogP contribution < -0.4 is 5.73 Å². The maximum atomic E-state index is 12.6. The van der Waals surface area contributed by atoms with Crippen LogP contribution in [0.5, 0.6) is 0 Å². The first-order chi connectivity index (χ1) is 5.11. The van der Waals surface area contributed by atoms with Gasteiger partial charge in [0.2, 0.25) is 5.95 Å². The molecular weight excluding hydrogens is 147 g/mol. The molecule has 1 rings (SSSR count). The lowest BCUT2D eigenvalue weighted by Crippen LogP contribution is -2.13. The second-order valence-corrected chi connectivity index (χ2v) is 2.17. The van der Waals surface area contributed by atoms with Crippen LogP contribution in [0.1, 0.15) is 16.1 Å². The summed E-state index contributed by atoms with van der Waals surface area (Å²) in [7, 11) is 0. The summed E-state index contributed by atoms with van der Waals surface area (Å²) >= 11 is 0. The van der Waals surface area contributed by atoms with Gasteiger partial charge in [0.05, 0.1) is 0 Å². The van der Waals surface area contributed by atoms with Crippen LogP contribution in [-0.4, -0.2) is 10.9 Å². The number of pyridine rings is 1. The predicted octanol–water partition coefficient (Wildman–Crippen LogP) is 0.628. The molecule has 4 heteroatoms. The number of carbonyl (C=O) groups excluding carboxylic acids is 1. The van der Waals surface area contributed by atoms with E-state index in [1.807, 2.05) is 0 Å². The van der Waals surface area contributed by atoms with E-state index in [2.05, 4.69) is 4.98 Å². The van der Waals surface area contributed by atoms with Crippen LogP contribution in [0.15, 0.2) is 12.1 Å². The van der Waals surface area contributed by atoms with E-state index in [0.29, 0.717) is 5.56 Å². The van der Waals surface area contributed by atoms with Crippen molar-refractivity contribution < 1.29 is 9.18 Å². The number of hydrogen-bond donors (Lipinski definition) is 1. The standard InChI is InChI=1S/C7H7FN2O/c1-4-2-3-5(7(9)11)10-6(4)8/h2-3H,1H3,(H2,9,11). The predicted molar refractivity (Wildman–Crippen MR) is 37.4 cm³/mol. The lowest BCUT2D eigenvalue weighted by Gasteiger charge is -1.96.